The average molecular weight is 262 g/mol. The summed E-state index contributed by atoms with van der Waals surface area (Å²) in [5.74, 6) is 0.511. The highest BCUT2D eigenvalue weighted by Gasteiger charge is 2.21. The van der Waals surface area contributed by atoms with Crippen LogP contribution in [0.1, 0.15) is 39.0 Å². The topological polar surface area (TPSA) is 51.1 Å². The smallest absolute Gasteiger partial charge is 0.250 e. The average Bonchev–Trinajstić information content (AvgIpc) is 2.42. The molecule has 0 saturated heterocycles. The predicted octanol–water partition coefficient (Wildman–Crippen LogP) is 1.93. The van der Waals surface area contributed by atoms with E-state index in [2.05, 4.69) is 12.2 Å². The Bertz CT molecular complexity index is 475. The number of hydrogen-bond donors (Lipinski definition) is 1. The van der Waals surface area contributed by atoms with E-state index in [4.69, 9.17) is 0 Å². The van der Waals surface area contributed by atoms with Gasteiger partial charge in [0.05, 0.1) is 0 Å². The first-order valence-electron chi connectivity index (χ1n) is 7.11. The summed E-state index contributed by atoms with van der Waals surface area (Å²) in [4.78, 5) is 23.5. The molecule has 4 heteroatoms. The number of pyridine rings is 1. The fourth-order valence-corrected chi connectivity index (χ4v) is 2.80. The van der Waals surface area contributed by atoms with Crippen molar-refractivity contribution in [2.24, 2.45) is 5.92 Å². The number of amides is 1. The molecule has 0 radical (unpaired) electrons. The van der Waals surface area contributed by atoms with Crippen LogP contribution in [0.5, 0.6) is 0 Å². The Hall–Kier alpha value is -1.58. The van der Waals surface area contributed by atoms with Gasteiger partial charge in [0.1, 0.15) is 6.54 Å². The Morgan fingerprint density at radius 1 is 1.37 bits per heavy atom. The van der Waals surface area contributed by atoms with Gasteiger partial charge < -0.3 is 9.88 Å². The predicted molar refractivity (Wildman–Crippen MR) is 74.9 cm³/mol. The molecule has 1 heterocycles. The number of carbonyl (C=O) groups excluding carboxylic acids is 1. The molecule has 19 heavy (non-hydrogen) atoms. The van der Waals surface area contributed by atoms with Crippen LogP contribution in [0, 0.1) is 5.92 Å². The molecule has 1 aromatic rings. The summed E-state index contributed by atoms with van der Waals surface area (Å²) in [5.41, 5.74) is -0.136. The lowest BCUT2D eigenvalue weighted by atomic mass is 9.84. The molecular formula is C15H22N2O2. The lowest BCUT2D eigenvalue weighted by Crippen LogP contribution is -2.41. The van der Waals surface area contributed by atoms with Gasteiger partial charge in [0.25, 0.3) is 5.56 Å². The first-order chi connectivity index (χ1) is 9.16. The summed E-state index contributed by atoms with van der Waals surface area (Å²) in [6.07, 6.45) is 7.90. The fraction of sp³-hybridized carbons (Fsp3) is 0.600. The van der Waals surface area contributed by atoms with Crippen molar-refractivity contribution in [3.05, 3.63) is 34.7 Å². The molecule has 104 valence electrons. The van der Waals surface area contributed by atoms with Crippen molar-refractivity contribution in [1.82, 2.24) is 9.88 Å². The van der Waals surface area contributed by atoms with E-state index in [0.717, 1.165) is 0 Å². The number of hydrogen-bond acceptors (Lipinski definition) is 2. The maximum absolute atomic E-state index is 11.9. The van der Waals surface area contributed by atoms with E-state index in [1.54, 1.807) is 18.3 Å². The molecule has 0 unspecified atom stereocenters. The molecule has 1 saturated carbocycles. The van der Waals surface area contributed by atoms with Crippen molar-refractivity contribution in [2.75, 3.05) is 0 Å². The highest BCUT2D eigenvalue weighted by Crippen LogP contribution is 2.26. The summed E-state index contributed by atoms with van der Waals surface area (Å²) < 4.78 is 1.43. The van der Waals surface area contributed by atoms with Crippen LogP contribution >= 0.6 is 0 Å². The minimum absolute atomic E-state index is 0.0774. The molecular weight excluding hydrogens is 240 g/mol. The molecule has 0 aromatic carbocycles. The SMILES string of the molecule is C[C@@H](NC(=O)Cn1ccccc1=O)C1CCCCC1. The Balaban J connectivity index is 1.87. The third kappa shape index (κ3) is 3.94. The van der Waals surface area contributed by atoms with Crippen LogP contribution in [0.15, 0.2) is 29.2 Å². The van der Waals surface area contributed by atoms with Gasteiger partial charge in [0, 0.05) is 18.3 Å². The van der Waals surface area contributed by atoms with Gasteiger partial charge in [-0.3, -0.25) is 9.59 Å². The van der Waals surface area contributed by atoms with Gasteiger partial charge >= 0.3 is 0 Å². The van der Waals surface area contributed by atoms with Gasteiger partial charge in [-0.2, -0.15) is 0 Å². The van der Waals surface area contributed by atoms with Gasteiger partial charge in [0.2, 0.25) is 5.91 Å². The highest BCUT2D eigenvalue weighted by molar-refractivity contribution is 5.76. The minimum atomic E-state index is -0.136. The molecule has 4 nitrogen and oxygen atoms in total. The Labute approximate surface area is 113 Å². The molecule has 0 aliphatic heterocycles. The zero-order valence-electron chi connectivity index (χ0n) is 11.5. The van der Waals surface area contributed by atoms with Gasteiger partial charge in [-0.25, -0.2) is 0 Å². The molecule has 1 aliphatic rings. The molecule has 2 rings (SSSR count). The normalized spacial score (nSPS) is 17.9. The van der Waals surface area contributed by atoms with Crippen molar-refractivity contribution in [2.45, 2.75) is 51.6 Å². The summed E-state index contributed by atoms with van der Waals surface area (Å²) in [5, 5.41) is 3.03. The zero-order chi connectivity index (χ0) is 13.7. The van der Waals surface area contributed by atoms with E-state index in [0.29, 0.717) is 5.92 Å². The third-order valence-corrected chi connectivity index (χ3v) is 3.96. The Kier molecular flexibility index (Phi) is 4.77. The maximum atomic E-state index is 11.9. The van der Waals surface area contributed by atoms with Crippen LogP contribution in [0.4, 0.5) is 0 Å². The number of carbonyl (C=O) groups is 1. The zero-order valence-corrected chi connectivity index (χ0v) is 11.5. The Morgan fingerprint density at radius 2 is 2.11 bits per heavy atom. The largest absolute Gasteiger partial charge is 0.352 e. The second-order valence-corrected chi connectivity index (χ2v) is 5.42. The van der Waals surface area contributed by atoms with Gasteiger partial charge in [-0.15, -0.1) is 0 Å². The van der Waals surface area contributed by atoms with Crippen molar-refractivity contribution in [3.63, 3.8) is 0 Å². The number of aromatic nitrogens is 1. The molecule has 1 atom stereocenters. The van der Waals surface area contributed by atoms with Gasteiger partial charge in [0.15, 0.2) is 0 Å². The van der Waals surface area contributed by atoms with Crippen molar-refractivity contribution in [3.8, 4) is 0 Å². The fourth-order valence-electron chi connectivity index (χ4n) is 2.80. The molecule has 0 bridgehead atoms. The second kappa shape index (κ2) is 6.55. The minimum Gasteiger partial charge on any atom is -0.352 e. The molecule has 1 N–H and O–H groups in total. The second-order valence-electron chi connectivity index (χ2n) is 5.42. The highest BCUT2D eigenvalue weighted by atomic mass is 16.2. The lowest BCUT2D eigenvalue weighted by Gasteiger charge is -2.28. The van der Waals surface area contributed by atoms with Crippen LogP contribution in [0.2, 0.25) is 0 Å². The van der Waals surface area contributed by atoms with E-state index in [-0.39, 0.29) is 24.1 Å². The Morgan fingerprint density at radius 3 is 2.79 bits per heavy atom. The summed E-state index contributed by atoms with van der Waals surface area (Å²) in [6, 6.07) is 5.12. The van der Waals surface area contributed by atoms with Crippen LogP contribution in [-0.2, 0) is 11.3 Å². The summed E-state index contributed by atoms with van der Waals surface area (Å²) in [6.45, 7) is 2.18. The number of rotatable bonds is 4. The molecule has 1 amide bonds. The van der Waals surface area contributed by atoms with E-state index in [9.17, 15) is 9.59 Å². The molecule has 1 aromatic heterocycles. The molecule has 0 spiro atoms. The number of nitrogens with one attached hydrogen (secondary N) is 1. The van der Waals surface area contributed by atoms with Crippen molar-refractivity contribution in [1.29, 1.82) is 0 Å². The molecule has 1 aliphatic carbocycles. The van der Waals surface area contributed by atoms with Crippen LogP contribution < -0.4 is 10.9 Å². The van der Waals surface area contributed by atoms with E-state index >= 15 is 0 Å². The van der Waals surface area contributed by atoms with Crippen molar-refractivity contribution >= 4 is 5.91 Å². The quantitative estimate of drug-likeness (QED) is 0.901. The van der Waals surface area contributed by atoms with Crippen LogP contribution in [-0.4, -0.2) is 16.5 Å². The summed E-state index contributed by atoms with van der Waals surface area (Å²) >= 11 is 0. The first kappa shape index (κ1) is 13.8. The first-order valence-corrected chi connectivity index (χ1v) is 7.11. The van der Waals surface area contributed by atoms with Gasteiger partial charge in [-0.1, -0.05) is 25.3 Å². The van der Waals surface area contributed by atoms with Crippen LogP contribution in [0.3, 0.4) is 0 Å². The van der Waals surface area contributed by atoms with E-state index in [1.807, 2.05) is 0 Å². The van der Waals surface area contributed by atoms with Gasteiger partial charge in [-0.05, 0) is 31.7 Å². The maximum Gasteiger partial charge on any atom is 0.250 e. The van der Waals surface area contributed by atoms with E-state index < -0.39 is 0 Å². The van der Waals surface area contributed by atoms with E-state index in [1.165, 1.54) is 42.7 Å². The lowest BCUT2D eigenvalue weighted by molar-refractivity contribution is -0.122. The number of nitrogens with zero attached hydrogens (tertiary/aromatic N) is 1. The standard InChI is InChI=1S/C15H22N2O2/c1-12(13-7-3-2-4-8-13)16-14(18)11-17-10-6-5-9-15(17)19/h5-6,9-10,12-13H,2-4,7-8,11H2,1H3,(H,16,18)/t12-/m1/s1. The van der Waals surface area contributed by atoms with Crippen molar-refractivity contribution < 1.29 is 4.79 Å². The van der Waals surface area contributed by atoms with Crippen LogP contribution in [0.25, 0.3) is 0 Å². The third-order valence-electron chi connectivity index (χ3n) is 3.96. The summed E-state index contributed by atoms with van der Waals surface area (Å²) in [7, 11) is 0. The monoisotopic (exact) mass is 262 g/mol. The molecule has 1 fully saturated rings.